The summed E-state index contributed by atoms with van der Waals surface area (Å²) in [5.41, 5.74) is 0. The molecule has 18 heavy (non-hydrogen) atoms. The van der Waals surface area contributed by atoms with E-state index in [1.54, 1.807) is 6.92 Å². The van der Waals surface area contributed by atoms with E-state index < -0.39 is 9.84 Å². The summed E-state index contributed by atoms with van der Waals surface area (Å²) in [6.07, 6.45) is 2.45. The average Bonchev–Trinajstić information content (AvgIpc) is 2.38. The third-order valence-corrected chi connectivity index (χ3v) is 5.81. The molecule has 0 radical (unpaired) electrons. The first-order valence-electron chi connectivity index (χ1n) is 7.14. The Morgan fingerprint density at radius 1 is 1.28 bits per heavy atom. The molecular weight excluding hydrogens is 248 g/mol. The van der Waals surface area contributed by atoms with Gasteiger partial charge in [0.1, 0.15) is 0 Å². The maximum Gasteiger partial charge on any atom is 0.151 e. The van der Waals surface area contributed by atoms with Crippen LogP contribution < -0.4 is 5.32 Å². The van der Waals surface area contributed by atoms with Crippen molar-refractivity contribution in [1.82, 2.24) is 10.2 Å². The van der Waals surface area contributed by atoms with Gasteiger partial charge in [-0.2, -0.15) is 0 Å². The number of hydrogen-bond acceptors (Lipinski definition) is 4. The fourth-order valence-electron chi connectivity index (χ4n) is 2.52. The van der Waals surface area contributed by atoms with Crippen LogP contribution in [0.3, 0.4) is 0 Å². The van der Waals surface area contributed by atoms with Gasteiger partial charge in [-0.15, -0.1) is 0 Å². The van der Waals surface area contributed by atoms with Gasteiger partial charge in [0.2, 0.25) is 0 Å². The molecule has 1 fully saturated rings. The zero-order valence-electron chi connectivity index (χ0n) is 12.0. The van der Waals surface area contributed by atoms with E-state index in [2.05, 4.69) is 24.1 Å². The van der Waals surface area contributed by atoms with Gasteiger partial charge in [0, 0.05) is 18.3 Å². The Labute approximate surface area is 112 Å². The van der Waals surface area contributed by atoms with Gasteiger partial charge in [0.05, 0.1) is 5.75 Å². The molecule has 1 N–H and O–H groups in total. The van der Waals surface area contributed by atoms with Gasteiger partial charge in [0.25, 0.3) is 0 Å². The lowest BCUT2D eigenvalue weighted by Gasteiger charge is -2.34. The Bertz CT molecular complexity index is 322. The minimum absolute atomic E-state index is 0.248. The third-order valence-electron chi connectivity index (χ3n) is 4.11. The summed E-state index contributed by atoms with van der Waals surface area (Å²) in [7, 11) is -2.83. The molecule has 1 unspecified atom stereocenters. The molecule has 0 aromatic rings. The van der Waals surface area contributed by atoms with Crippen LogP contribution in [0.5, 0.6) is 0 Å². The molecule has 0 spiro atoms. The Hall–Kier alpha value is -0.130. The zero-order chi connectivity index (χ0) is 13.6. The third kappa shape index (κ3) is 5.24. The van der Waals surface area contributed by atoms with Crippen LogP contribution >= 0.6 is 0 Å². The molecule has 5 heteroatoms. The molecule has 0 aromatic carbocycles. The van der Waals surface area contributed by atoms with E-state index in [9.17, 15) is 8.42 Å². The Morgan fingerprint density at radius 3 is 2.39 bits per heavy atom. The molecule has 108 valence electrons. The Balaban J connectivity index is 2.23. The molecule has 1 aliphatic heterocycles. The normalized spacial score (nSPS) is 21.1. The van der Waals surface area contributed by atoms with Crippen molar-refractivity contribution in [2.24, 2.45) is 5.92 Å². The van der Waals surface area contributed by atoms with Crippen molar-refractivity contribution in [2.75, 3.05) is 37.7 Å². The molecule has 1 heterocycles. The summed E-state index contributed by atoms with van der Waals surface area (Å²) in [6, 6.07) is 0.427. The van der Waals surface area contributed by atoms with Gasteiger partial charge in [-0.1, -0.05) is 13.8 Å². The molecular formula is C13H28N2O2S. The largest absolute Gasteiger partial charge is 0.313 e. The van der Waals surface area contributed by atoms with Gasteiger partial charge in [-0.3, -0.25) is 0 Å². The van der Waals surface area contributed by atoms with Crippen molar-refractivity contribution < 1.29 is 8.42 Å². The number of hydrogen-bond donors (Lipinski definition) is 1. The lowest BCUT2D eigenvalue weighted by molar-refractivity contribution is 0.170. The van der Waals surface area contributed by atoms with Crippen LogP contribution in [0.2, 0.25) is 0 Å². The number of nitrogens with one attached hydrogen (secondary N) is 1. The van der Waals surface area contributed by atoms with E-state index in [4.69, 9.17) is 0 Å². The molecule has 0 aromatic heterocycles. The van der Waals surface area contributed by atoms with E-state index in [-0.39, 0.29) is 11.5 Å². The van der Waals surface area contributed by atoms with Crippen molar-refractivity contribution in [3.05, 3.63) is 0 Å². The van der Waals surface area contributed by atoms with Crippen LogP contribution in [-0.2, 0) is 9.84 Å². The Kier molecular flexibility index (Phi) is 6.60. The molecule has 1 saturated heterocycles. The van der Waals surface area contributed by atoms with Gasteiger partial charge >= 0.3 is 0 Å². The molecule has 1 rings (SSSR count). The van der Waals surface area contributed by atoms with E-state index >= 15 is 0 Å². The van der Waals surface area contributed by atoms with Crippen molar-refractivity contribution in [2.45, 2.75) is 39.7 Å². The second kappa shape index (κ2) is 7.46. The molecule has 0 saturated carbocycles. The minimum atomic E-state index is -2.83. The maximum atomic E-state index is 11.4. The first-order chi connectivity index (χ1) is 8.48. The summed E-state index contributed by atoms with van der Waals surface area (Å²) in [6.45, 7) is 10.2. The van der Waals surface area contributed by atoms with E-state index in [0.29, 0.717) is 18.5 Å². The highest BCUT2D eigenvalue weighted by Gasteiger charge is 2.22. The lowest BCUT2D eigenvalue weighted by atomic mass is 9.90. The number of likely N-dealkylation sites (tertiary alicyclic amines) is 1. The molecule has 1 aliphatic rings. The Morgan fingerprint density at radius 2 is 1.89 bits per heavy atom. The van der Waals surface area contributed by atoms with Crippen LogP contribution in [0.25, 0.3) is 0 Å². The van der Waals surface area contributed by atoms with Crippen molar-refractivity contribution in [3.8, 4) is 0 Å². The molecule has 0 amide bonds. The summed E-state index contributed by atoms with van der Waals surface area (Å²) in [4.78, 5) is 2.48. The van der Waals surface area contributed by atoms with E-state index in [1.807, 2.05) is 0 Å². The SMILES string of the molecule is CCN1CCC(C(C)NCCS(=O)(=O)CC)CC1. The smallest absolute Gasteiger partial charge is 0.151 e. The topological polar surface area (TPSA) is 49.4 Å². The quantitative estimate of drug-likeness (QED) is 0.757. The van der Waals surface area contributed by atoms with E-state index in [0.717, 1.165) is 6.54 Å². The predicted octanol–water partition coefficient (Wildman–Crippen LogP) is 1.13. The second-order valence-electron chi connectivity index (χ2n) is 5.25. The van der Waals surface area contributed by atoms with Gasteiger partial charge < -0.3 is 10.2 Å². The fraction of sp³-hybridized carbons (Fsp3) is 1.00. The van der Waals surface area contributed by atoms with Gasteiger partial charge in [0.15, 0.2) is 9.84 Å². The zero-order valence-corrected chi connectivity index (χ0v) is 12.8. The minimum Gasteiger partial charge on any atom is -0.313 e. The number of piperidine rings is 1. The standard InChI is InChI=1S/C13H28N2O2S/c1-4-15-9-6-13(7-10-15)12(3)14-8-11-18(16,17)5-2/h12-14H,4-11H2,1-3H3. The second-order valence-corrected chi connectivity index (χ2v) is 7.72. The van der Waals surface area contributed by atoms with Crippen molar-refractivity contribution in [1.29, 1.82) is 0 Å². The highest BCUT2D eigenvalue weighted by molar-refractivity contribution is 7.91. The number of nitrogens with zero attached hydrogens (tertiary/aromatic N) is 1. The van der Waals surface area contributed by atoms with Crippen LogP contribution in [0.4, 0.5) is 0 Å². The fourth-order valence-corrected chi connectivity index (χ4v) is 3.24. The van der Waals surface area contributed by atoms with Crippen LogP contribution in [-0.4, -0.2) is 57.0 Å². The number of sulfone groups is 1. The molecule has 1 atom stereocenters. The van der Waals surface area contributed by atoms with E-state index in [1.165, 1.54) is 25.9 Å². The highest BCUT2D eigenvalue weighted by atomic mass is 32.2. The van der Waals surface area contributed by atoms with Gasteiger partial charge in [-0.05, 0) is 45.3 Å². The van der Waals surface area contributed by atoms with Crippen molar-refractivity contribution in [3.63, 3.8) is 0 Å². The predicted molar refractivity (Wildman–Crippen MR) is 76.6 cm³/mol. The van der Waals surface area contributed by atoms with Crippen LogP contribution in [0, 0.1) is 5.92 Å². The number of rotatable bonds is 7. The first kappa shape index (κ1) is 15.9. The average molecular weight is 276 g/mol. The summed E-state index contributed by atoms with van der Waals surface area (Å²) < 4.78 is 22.8. The van der Waals surface area contributed by atoms with Crippen LogP contribution in [0.1, 0.15) is 33.6 Å². The maximum absolute atomic E-state index is 11.4. The monoisotopic (exact) mass is 276 g/mol. The molecule has 0 aliphatic carbocycles. The summed E-state index contributed by atoms with van der Waals surface area (Å²) in [5, 5.41) is 3.38. The molecule has 4 nitrogen and oxygen atoms in total. The summed E-state index contributed by atoms with van der Waals surface area (Å²) >= 11 is 0. The lowest BCUT2D eigenvalue weighted by Crippen LogP contribution is -2.43. The van der Waals surface area contributed by atoms with Crippen LogP contribution in [0.15, 0.2) is 0 Å². The first-order valence-corrected chi connectivity index (χ1v) is 8.96. The summed E-state index contributed by atoms with van der Waals surface area (Å²) in [5.74, 6) is 1.21. The molecule has 0 bridgehead atoms. The highest BCUT2D eigenvalue weighted by Crippen LogP contribution is 2.20. The van der Waals surface area contributed by atoms with Gasteiger partial charge in [-0.25, -0.2) is 8.42 Å². The van der Waals surface area contributed by atoms with Crippen molar-refractivity contribution >= 4 is 9.84 Å².